The molecule has 1 atom stereocenters. The number of nitrogens with two attached hydrogens (primary N) is 1. The molecule has 0 aliphatic rings. The summed E-state index contributed by atoms with van der Waals surface area (Å²) in [7, 11) is 0. The number of phenols is 1. The molecule has 0 bridgehead atoms. The fraction of sp³-hybridized carbons (Fsp3) is 0.115. The van der Waals surface area contributed by atoms with Crippen molar-refractivity contribution in [2.45, 2.75) is 19.9 Å². The molecular weight excluding hydrogens is 472 g/mol. The number of anilines is 3. The second kappa shape index (κ2) is 9.46. The smallest absolute Gasteiger partial charge is 0.282 e. The van der Waals surface area contributed by atoms with Crippen LogP contribution in [0.4, 0.5) is 17.3 Å². The van der Waals surface area contributed by atoms with E-state index in [1.54, 1.807) is 29.8 Å². The van der Waals surface area contributed by atoms with Crippen LogP contribution in [0, 0.1) is 6.92 Å². The summed E-state index contributed by atoms with van der Waals surface area (Å²) in [5.74, 6) is -0.0377. The molecule has 0 radical (unpaired) electrons. The van der Waals surface area contributed by atoms with Gasteiger partial charge in [0.1, 0.15) is 34.8 Å². The molecule has 0 spiro atoms. The van der Waals surface area contributed by atoms with Crippen molar-refractivity contribution in [3.05, 3.63) is 100 Å². The Balaban J connectivity index is 1.56. The highest BCUT2D eigenvalue weighted by Crippen LogP contribution is 2.25. The van der Waals surface area contributed by atoms with E-state index in [2.05, 4.69) is 20.6 Å². The minimum Gasteiger partial charge on any atom is -0.508 e. The third kappa shape index (κ3) is 4.45. The number of rotatable bonds is 6. The highest BCUT2D eigenvalue weighted by atomic mass is 16.3. The second-order valence-corrected chi connectivity index (χ2v) is 8.48. The van der Waals surface area contributed by atoms with Crippen molar-refractivity contribution in [2.24, 2.45) is 0 Å². The molecule has 37 heavy (non-hydrogen) atoms. The van der Waals surface area contributed by atoms with Gasteiger partial charge in [0, 0.05) is 18.0 Å². The standard InChI is InChI=1S/C26H24N8O3/c1-15-11-12-33-21(15)26(37)34(18-8-4-3-5-9-18)24(32-33)16(2)30-23-20(22(27)28-14-29-23)25(36)31-17-7-6-10-19(35)13-17/h3-14,16,35H,1-2H3,(H,31,36)(H3,27,28,29,30). The molecule has 0 aliphatic carbocycles. The zero-order chi connectivity index (χ0) is 26.1. The molecule has 1 unspecified atom stereocenters. The molecule has 0 saturated carbocycles. The van der Waals surface area contributed by atoms with E-state index in [0.29, 0.717) is 22.7 Å². The number of carbonyl (C=O) groups excluding carboxylic acids is 1. The van der Waals surface area contributed by atoms with E-state index in [-0.39, 0.29) is 28.5 Å². The van der Waals surface area contributed by atoms with E-state index in [1.165, 1.54) is 23.0 Å². The lowest BCUT2D eigenvalue weighted by Gasteiger charge is -2.21. The van der Waals surface area contributed by atoms with Crippen LogP contribution in [-0.4, -0.2) is 35.2 Å². The zero-order valence-corrected chi connectivity index (χ0v) is 20.1. The lowest BCUT2D eigenvalue weighted by atomic mass is 10.2. The van der Waals surface area contributed by atoms with Crippen LogP contribution in [0.5, 0.6) is 5.75 Å². The number of carbonyl (C=O) groups is 1. The molecule has 11 heteroatoms. The number of nitrogens with zero attached hydrogens (tertiary/aromatic N) is 5. The predicted molar refractivity (Wildman–Crippen MR) is 140 cm³/mol. The number of phenolic OH excluding ortho intramolecular Hbond substituents is 1. The number of para-hydroxylation sites is 1. The summed E-state index contributed by atoms with van der Waals surface area (Å²) in [4.78, 5) is 34.9. The molecule has 1 amide bonds. The van der Waals surface area contributed by atoms with Crippen LogP contribution in [0.15, 0.2) is 78.0 Å². The van der Waals surface area contributed by atoms with E-state index in [1.807, 2.05) is 43.3 Å². The molecule has 5 rings (SSSR count). The summed E-state index contributed by atoms with van der Waals surface area (Å²) in [6, 6.07) is 16.6. The molecule has 3 heterocycles. The quantitative estimate of drug-likeness (QED) is 0.279. The Kier molecular flexibility index (Phi) is 6.02. The monoisotopic (exact) mass is 496 g/mol. The van der Waals surface area contributed by atoms with E-state index >= 15 is 0 Å². The minimum atomic E-state index is -0.582. The van der Waals surface area contributed by atoms with Gasteiger partial charge in [-0.15, -0.1) is 0 Å². The molecule has 186 valence electrons. The summed E-state index contributed by atoms with van der Waals surface area (Å²) in [5, 5.41) is 20.3. The highest BCUT2D eigenvalue weighted by Gasteiger charge is 2.24. The first-order valence-corrected chi connectivity index (χ1v) is 11.5. The van der Waals surface area contributed by atoms with Gasteiger partial charge in [-0.3, -0.25) is 14.2 Å². The van der Waals surface area contributed by atoms with Crippen molar-refractivity contribution in [2.75, 3.05) is 16.4 Å². The Bertz CT molecular complexity index is 1680. The Morgan fingerprint density at radius 3 is 2.62 bits per heavy atom. The number of hydrogen-bond donors (Lipinski definition) is 4. The molecule has 2 aromatic carbocycles. The van der Waals surface area contributed by atoms with Gasteiger partial charge in [0.05, 0.1) is 11.7 Å². The van der Waals surface area contributed by atoms with Crippen LogP contribution >= 0.6 is 0 Å². The van der Waals surface area contributed by atoms with Gasteiger partial charge in [-0.05, 0) is 49.7 Å². The molecule has 3 aromatic heterocycles. The number of benzene rings is 2. The largest absolute Gasteiger partial charge is 0.508 e. The van der Waals surface area contributed by atoms with Crippen molar-refractivity contribution < 1.29 is 9.90 Å². The van der Waals surface area contributed by atoms with Gasteiger partial charge in [-0.1, -0.05) is 24.3 Å². The lowest BCUT2D eigenvalue weighted by molar-refractivity contribution is 0.102. The topological polar surface area (TPSA) is 152 Å². The van der Waals surface area contributed by atoms with Gasteiger partial charge < -0.3 is 21.5 Å². The summed E-state index contributed by atoms with van der Waals surface area (Å²) < 4.78 is 3.09. The summed E-state index contributed by atoms with van der Waals surface area (Å²) >= 11 is 0. The Morgan fingerprint density at radius 1 is 1.08 bits per heavy atom. The Labute approximate surface area is 211 Å². The first-order valence-electron chi connectivity index (χ1n) is 11.5. The number of amides is 1. The number of aryl methyl sites for hydroxylation is 1. The number of nitrogens with one attached hydrogen (secondary N) is 2. The first-order chi connectivity index (χ1) is 17.8. The fourth-order valence-electron chi connectivity index (χ4n) is 4.12. The normalized spacial score (nSPS) is 11.8. The van der Waals surface area contributed by atoms with Crippen molar-refractivity contribution in [1.29, 1.82) is 0 Å². The van der Waals surface area contributed by atoms with Crippen LogP contribution in [-0.2, 0) is 0 Å². The minimum absolute atomic E-state index is 0.00246. The summed E-state index contributed by atoms with van der Waals surface area (Å²) in [6.45, 7) is 3.66. The van der Waals surface area contributed by atoms with Gasteiger partial charge in [0.15, 0.2) is 5.82 Å². The summed E-state index contributed by atoms with van der Waals surface area (Å²) in [5.41, 5.74) is 8.16. The highest BCUT2D eigenvalue weighted by molar-refractivity contribution is 6.10. The van der Waals surface area contributed by atoms with Crippen molar-refractivity contribution in [1.82, 2.24) is 24.1 Å². The average molecular weight is 497 g/mol. The van der Waals surface area contributed by atoms with Gasteiger partial charge in [-0.2, -0.15) is 5.10 Å². The number of nitrogen functional groups attached to an aromatic ring is 1. The lowest BCUT2D eigenvalue weighted by Crippen LogP contribution is -2.30. The van der Waals surface area contributed by atoms with Gasteiger partial charge in [-0.25, -0.2) is 14.5 Å². The molecule has 0 fully saturated rings. The second-order valence-electron chi connectivity index (χ2n) is 8.48. The van der Waals surface area contributed by atoms with Crippen LogP contribution in [0.25, 0.3) is 11.2 Å². The van der Waals surface area contributed by atoms with Crippen LogP contribution in [0.2, 0.25) is 0 Å². The Hall–Kier alpha value is -5.19. The van der Waals surface area contributed by atoms with E-state index in [9.17, 15) is 14.7 Å². The number of hydrogen-bond acceptors (Lipinski definition) is 8. The molecule has 11 nitrogen and oxygen atoms in total. The first kappa shape index (κ1) is 23.5. The maximum atomic E-state index is 13.6. The van der Waals surface area contributed by atoms with Crippen LogP contribution in [0.1, 0.15) is 34.7 Å². The molecule has 0 saturated heterocycles. The number of fused-ring (bicyclic) bond motifs is 1. The average Bonchev–Trinajstić information content (AvgIpc) is 3.25. The van der Waals surface area contributed by atoms with Crippen molar-refractivity contribution >= 4 is 28.7 Å². The van der Waals surface area contributed by atoms with E-state index < -0.39 is 11.9 Å². The fourth-order valence-corrected chi connectivity index (χ4v) is 4.12. The van der Waals surface area contributed by atoms with Gasteiger partial charge in [0.25, 0.3) is 11.5 Å². The van der Waals surface area contributed by atoms with E-state index in [4.69, 9.17) is 10.8 Å². The zero-order valence-electron chi connectivity index (χ0n) is 20.1. The van der Waals surface area contributed by atoms with Crippen molar-refractivity contribution in [3.8, 4) is 11.4 Å². The predicted octanol–water partition coefficient (Wildman–Crippen LogP) is 3.30. The SMILES string of the molecule is Cc1ccn2nc(C(C)Nc3ncnc(N)c3C(=O)Nc3cccc(O)c3)n(-c3ccccc3)c(=O)c12. The Morgan fingerprint density at radius 2 is 1.86 bits per heavy atom. The van der Waals surface area contributed by atoms with Crippen LogP contribution < -0.4 is 21.9 Å². The number of aromatic nitrogens is 5. The van der Waals surface area contributed by atoms with Gasteiger partial charge in [0.2, 0.25) is 0 Å². The van der Waals surface area contributed by atoms with Crippen molar-refractivity contribution in [3.63, 3.8) is 0 Å². The van der Waals surface area contributed by atoms with Crippen LogP contribution in [0.3, 0.4) is 0 Å². The van der Waals surface area contributed by atoms with Gasteiger partial charge >= 0.3 is 0 Å². The molecular formula is C26H24N8O3. The summed E-state index contributed by atoms with van der Waals surface area (Å²) in [6.07, 6.45) is 2.97. The third-order valence-corrected chi connectivity index (χ3v) is 5.88. The van der Waals surface area contributed by atoms with E-state index in [0.717, 1.165) is 5.56 Å². The maximum Gasteiger partial charge on any atom is 0.282 e. The molecule has 5 aromatic rings. The third-order valence-electron chi connectivity index (χ3n) is 5.88. The molecule has 0 aliphatic heterocycles. The molecule has 5 N–H and O–H groups in total. The number of aromatic hydroxyl groups is 1. The maximum absolute atomic E-state index is 13.6.